The normalized spacial score (nSPS) is 13.5. The maximum Gasteiger partial charge on any atom is 0.408 e. The summed E-state index contributed by atoms with van der Waals surface area (Å²) in [6.07, 6.45) is 2.42. The summed E-state index contributed by atoms with van der Waals surface area (Å²) in [5.74, 6) is -0.879. The molecule has 38 heavy (non-hydrogen) atoms. The summed E-state index contributed by atoms with van der Waals surface area (Å²) in [6, 6.07) is 15.5. The van der Waals surface area contributed by atoms with E-state index in [2.05, 4.69) is 24.1 Å². The third kappa shape index (κ3) is 9.05. The summed E-state index contributed by atoms with van der Waals surface area (Å²) in [4.78, 5) is 42.0. The molecule has 3 amide bonds. The molecule has 2 rings (SSSR count). The molecule has 0 aromatic heterocycles. The molecule has 0 spiro atoms. The van der Waals surface area contributed by atoms with Crippen LogP contribution in [0.2, 0.25) is 0 Å². The minimum absolute atomic E-state index is 0.126. The number of nitrogens with one attached hydrogen (secondary N) is 2. The average Bonchev–Trinajstić information content (AvgIpc) is 2.89. The molecule has 0 heterocycles. The number of aryl methyl sites for hydroxylation is 1. The van der Waals surface area contributed by atoms with Gasteiger partial charge < -0.3 is 20.3 Å². The number of ether oxygens (including phenoxy) is 1. The van der Waals surface area contributed by atoms with Crippen LogP contribution in [0.1, 0.15) is 70.7 Å². The second-order valence-electron chi connectivity index (χ2n) is 10.5. The molecule has 0 aliphatic carbocycles. The molecule has 0 radical (unpaired) electrons. The van der Waals surface area contributed by atoms with Crippen LogP contribution in [-0.4, -0.2) is 41.0 Å². The smallest absolute Gasteiger partial charge is 0.408 e. The molecule has 3 unspecified atom stereocenters. The number of benzene rings is 2. The van der Waals surface area contributed by atoms with Crippen molar-refractivity contribution in [3.63, 3.8) is 0 Å². The number of carbonyl (C=O) groups excluding carboxylic acids is 3. The van der Waals surface area contributed by atoms with Gasteiger partial charge >= 0.3 is 6.09 Å². The molecule has 0 saturated carbocycles. The van der Waals surface area contributed by atoms with Gasteiger partial charge in [-0.3, -0.25) is 9.59 Å². The Morgan fingerprint density at radius 2 is 1.63 bits per heavy atom. The Morgan fingerprint density at radius 3 is 2.16 bits per heavy atom. The quantitative estimate of drug-likeness (QED) is 0.358. The maximum absolute atomic E-state index is 14.1. The Morgan fingerprint density at radius 1 is 1.00 bits per heavy atom. The van der Waals surface area contributed by atoms with E-state index in [1.807, 2.05) is 68.4 Å². The van der Waals surface area contributed by atoms with Crippen molar-refractivity contribution < 1.29 is 19.1 Å². The van der Waals surface area contributed by atoms with E-state index in [-0.39, 0.29) is 24.3 Å². The van der Waals surface area contributed by atoms with Crippen LogP contribution in [0, 0.1) is 5.92 Å². The molecule has 206 valence electrons. The first-order valence-electron chi connectivity index (χ1n) is 13.3. The van der Waals surface area contributed by atoms with E-state index in [4.69, 9.17) is 4.74 Å². The van der Waals surface area contributed by atoms with Crippen molar-refractivity contribution in [2.75, 3.05) is 6.54 Å². The van der Waals surface area contributed by atoms with Crippen LogP contribution in [0.5, 0.6) is 0 Å². The standard InChI is InChI=1S/C31H43N3O4/c1-8-20-34(29(36)26(22(4)9-2)33-30(37)38-31(5,6)7)27(25-18-16-23(10-3)17-19-25)28(35)32-21-24-14-12-11-13-15-24/h8,11-19,22,26-27H,1,9-10,20-21H2,2-7H3,(H,32,35)(H,33,37). The lowest BCUT2D eigenvalue weighted by Gasteiger charge is -2.35. The summed E-state index contributed by atoms with van der Waals surface area (Å²) >= 11 is 0. The molecular formula is C31H43N3O4. The summed E-state index contributed by atoms with van der Waals surface area (Å²) in [5, 5.41) is 5.76. The van der Waals surface area contributed by atoms with Crippen LogP contribution in [-0.2, 0) is 27.3 Å². The van der Waals surface area contributed by atoms with Crippen LogP contribution in [0.4, 0.5) is 4.79 Å². The molecule has 7 nitrogen and oxygen atoms in total. The lowest BCUT2D eigenvalue weighted by molar-refractivity contribution is -0.142. The van der Waals surface area contributed by atoms with Crippen molar-refractivity contribution >= 4 is 17.9 Å². The average molecular weight is 522 g/mol. The molecule has 0 aliphatic rings. The van der Waals surface area contributed by atoms with E-state index < -0.39 is 23.8 Å². The van der Waals surface area contributed by atoms with Crippen molar-refractivity contribution in [2.45, 2.75) is 78.6 Å². The summed E-state index contributed by atoms with van der Waals surface area (Å²) in [7, 11) is 0. The van der Waals surface area contributed by atoms with Crippen LogP contribution in [0.25, 0.3) is 0 Å². The number of rotatable bonds is 12. The van der Waals surface area contributed by atoms with Gasteiger partial charge in [-0.15, -0.1) is 6.58 Å². The highest BCUT2D eigenvalue weighted by molar-refractivity contribution is 5.92. The van der Waals surface area contributed by atoms with Gasteiger partial charge in [-0.05, 0) is 49.8 Å². The molecule has 2 aromatic carbocycles. The molecule has 0 fully saturated rings. The van der Waals surface area contributed by atoms with E-state index in [0.717, 1.165) is 17.5 Å². The number of hydrogen-bond donors (Lipinski definition) is 2. The minimum atomic E-state index is -0.915. The van der Waals surface area contributed by atoms with Crippen LogP contribution in [0.15, 0.2) is 67.3 Å². The molecule has 0 aliphatic heterocycles. The van der Waals surface area contributed by atoms with E-state index in [1.54, 1.807) is 26.8 Å². The van der Waals surface area contributed by atoms with Gasteiger partial charge in [-0.1, -0.05) is 87.9 Å². The van der Waals surface area contributed by atoms with Gasteiger partial charge in [-0.25, -0.2) is 4.79 Å². The first-order chi connectivity index (χ1) is 18.0. The molecular weight excluding hydrogens is 478 g/mol. The first-order valence-corrected chi connectivity index (χ1v) is 13.3. The third-order valence-electron chi connectivity index (χ3n) is 6.33. The van der Waals surface area contributed by atoms with E-state index in [0.29, 0.717) is 18.5 Å². The van der Waals surface area contributed by atoms with E-state index in [9.17, 15) is 14.4 Å². The van der Waals surface area contributed by atoms with Crippen molar-refractivity contribution in [1.82, 2.24) is 15.5 Å². The third-order valence-corrected chi connectivity index (χ3v) is 6.33. The molecule has 2 N–H and O–H groups in total. The second kappa shape index (κ2) is 14.4. The molecule has 0 bridgehead atoms. The summed E-state index contributed by atoms with van der Waals surface area (Å²) < 4.78 is 5.44. The number of alkyl carbamates (subject to hydrolysis) is 1. The fourth-order valence-corrected chi connectivity index (χ4v) is 4.05. The van der Waals surface area contributed by atoms with Gasteiger partial charge in [0.2, 0.25) is 11.8 Å². The van der Waals surface area contributed by atoms with Gasteiger partial charge in [0.25, 0.3) is 0 Å². The Kier molecular flexibility index (Phi) is 11.6. The predicted octanol–water partition coefficient (Wildman–Crippen LogP) is 5.56. The lowest BCUT2D eigenvalue weighted by atomic mass is 9.95. The van der Waals surface area contributed by atoms with Crippen molar-refractivity contribution in [3.05, 3.63) is 83.9 Å². The molecule has 2 aromatic rings. The lowest BCUT2D eigenvalue weighted by Crippen LogP contribution is -2.55. The highest BCUT2D eigenvalue weighted by Gasteiger charge is 2.37. The van der Waals surface area contributed by atoms with Gasteiger partial charge in [-0.2, -0.15) is 0 Å². The Labute approximate surface area is 227 Å². The van der Waals surface area contributed by atoms with Crippen molar-refractivity contribution in [1.29, 1.82) is 0 Å². The SMILES string of the molecule is C=CCN(C(=O)C(NC(=O)OC(C)(C)C)C(C)CC)C(C(=O)NCc1ccccc1)c1ccc(CC)cc1. The van der Waals surface area contributed by atoms with Crippen molar-refractivity contribution in [3.8, 4) is 0 Å². The Balaban J connectivity index is 2.46. The monoisotopic (exact) mass is 521 g/mol. The maximum atomic E-state index is 14.1. The molecule has 3 atom stereocenters. The number of nitrogens with zero attached hydrogens (tertiary/aromatic N) is 1. The van der Waals surface area contributed by atoms with Gasteiger partial charge in [0.05, 0.1) is 0 Å². The van der Waals surface area contributed by atoms with Crippen LogP contribution in [0.3, 0.4) is 0 Å². The van der Waals surface area contributed by atoms with Gasteiger partial charge in [0, 0.05) is 13.1 Å². The molecule has 0 saturated heterocycles. The van der Waals surface area contributed by atoms with Gasteiger partial charge in [0.15, 0.2) is 0 Å². The second-order valence-corrected chi connectivity index (χ2v) is 10.5. The number of amides is 3. The zero-order valence-corrected chi connectivity index (χ0v) is 23.6. The van der Waals surface area contributed by atoms with Gasteiger partial charge in [0.1, 0.15) is 17.7 Å². The minimum Gasteiger partial charge on any atom is -0.444 e. The topological polar surface area (TPSA) is 87.7 Å². The largest absolute Gasteiger partial charge is 0.444 e. The highest BCUT2D eigenvalue weighted by atomic mass is 16.6. The number of carbonyl (C=O) groups is 3. The summed E-state index contributed by atoms with van der Waals surface area (Å²) in [5.41, 5.74) is 2.05. The van der Waals surface area contributed by atoms with Crippen molar-refractivity contribution in [2.24, 2.45) is 5.92 Å². The zero-order valence-electron chi connectivity index (χ0n) is 23.6. The fourth-order valence-electron chi connectivity index (χ4n) is 4.05. The zero-order chi connectivity index (χ0) is 28.3. The predicted molar refractivity (Wildman–Crippen MR) is 151 cm³/mol. The Hall–Kier alpha value is -3.61. The van der Waals surface area contributed by atoms with Crippen LogP contribution < -0.4 is 10.6 Å². The summed E-state index contributed by atoms with van der Waals surface area (Å²) in [6.45, 7) is 15.5. The Bertz CT molecular complexity index is 1060. The van der Waals surface area contributed by atoms with E-state index in [1.165, 1.54) is 4.90 Å². The number of hydrogen-bond acceptors (Lipinski definition) is 4. The first kappa shape index (κ1) is 30.6. The molecule has 7 heteroatoms. The fraction of sp³-hybridized carbons (Fsp3) is 0.452. The van der Waals surface area contributed by atoms with E-state index >= 15 is 0 Å². The van der Waals surface area contributed by atoms with Crippen LogP contribution >= 0.6 is 0 Å². The highest BCUT2D eigenvalue weighted by Crippen LogP contribution is 2.25.